The summed E-state index contributed by atoms with van der Waals surface area (Å²) in [5, 5.41) is 7.40. The molecule has 0 aromatic carbocycles. The SMILES string of the molecule is O=C1C=NN=C2C=CC=CC12. The second-order valence-corrected chi connectivity index (χ2v) is 2.39. The van der Waals surface area contributed by atoms with Crippen molar-refractivity contribution in [1.82, 2.24) is 0 Å². The number of ketones is 1. The normalized spacial score (nSPS) is 26.7. The van der Waals surface area contributed by atoms with E-state index >= 15 is 0 Å². The van der Waals surface area contributed by atoms with Crippen molar-refractivity contribution in [2.45, 2.75) is 0 Å². The summed E-state index contributed by atoms with van der Waals surface area (Å²) >= 11 is 0. The zero-order chi connectivity index (χ0) is 7.68. The highest BCUT2D eigenvalue weighted by molar-refractivity contribution is 6.37. The van der Waals surface area contributed by atoms with Crippen LogP contribution in [0.25, 0.3) is 0 Å². The van der Waals surface area contributed by atoms with Crippen LogP contribution in [0.5, 0.6) is 0 Å². The molecule has 3 nitrogen and oxygen atoms in total. The molecule has 0 saturated heterocycles. The maximum absolute atomic E-state index is 11.1. The number of allylic oxidation sites excluding steroid dienone is 4. The fraction of sp³-hybridized carbons (Fsp3) is 0.125. The molecule has 0 bridgehead atoms. The van der Waals surface area contributed by atoms with Gasteiger partial charge in [0, 0.05) is 0 Å². The molecule has 1 aliphatic carbocycles. The Morgan fingerprint density at radius 2 is 2.27 bits per heavy atom. The molecule has 0 saturated carbocycles. The predicted octanol–water partition coefficient (Wildman–Crippen LogP) is 0.738. The summed E-state index contributed by atoms with van der Waals surface area (Å²) in [4.78, 5) is 11.1. The molecule has 54 valence electrons. The average molecular weight is 146 g/mol. The van der Waals surface area contributed by atoms with Crippen molar-refractivity contribution in [1.29, 1.82) is 0 Å². The highest BCUT2D eigenvalue weighted by Crippen LogP contribution is 2.12. The summed E-state index contributed by atoms with van der Waals surface area (Å²) in [6.07, 6.45) is 8.59. The van der Waals surface area contributed by atoms with Crippen LogP contribution < -0.4 is 0 Å². The van der Waals surface area contributed by atoms with Crippen molar-refractivity contribution in [3.63, 3.8) is 0 Å². The van der Waals surface area contributed by atoms with Crippen LogP contribution in [0.4, 0.5) is 0 Å². The Morgan fingerprint density at radius 1 is 1.36 bits per heavy atom. The minimum Gasteiger partial charge on any atom is -0.292 e. The van der Waals surface area contributed by atoms with Crippen LogP contribution >= 0.6 is 0 Å². The third kappa shape index (κ3) is 0.941. The standard InChI is InChI=1S/C8H6N2O/c11-8-5-9-10-7-4-2-1-3-6(7)8/h1-6H. The van der Waals surface area contributed by atoms with E-state index in [0.717, 1.165) is 5.71 Å². The largest absolute Gasteiger partial charge is 0.292 e. The van der Waals surface area contributed by atoms with E-state index in [0.29, 0.717) is 0 Å². The minimum absolute atomic E-state index is 0.00981. The van der Waals surface area contributed by atoms with Gasteiger partial charge in [0.2, 0.25) is 0 Å². The first-order chi connectivity index (χ1) is 5.38. The van der Waals surface area contributed by atoms with Gasteiger partial charge in [0.15, 0.2) is 5.78 Å². The highest BCUT2D eigenvalue weighted by atomic mass is 16.1. The number of hydrogen-bond acceptors (Lipinski definition) is 3. The first kappa shape index (κ1) is 6.22. The zero-order valence-electron chi connectivity index (χ0n) is 5.77. The Bertz CT molecular complexity index is 310. The van der Waals surface area contributed by atoms with Crippen LogP contribution in [0.3, 0.4) is 0 Å². The van der Waals surface area contributed by atoms with Crippen molar-refractivity contribution in [3.8, 4) is 0 Å². The van der Waals surface area contributed by atoms with E-state index in [2.05, 4.69) is 10.2 Å². The van der Waals surface area contributed by atoms with Gasteiger partial charge >= 0.3 is 0 Å². The van der Waals surface area contributed by atoms with Gasteiger partial charge in [0.25, 0.3) is 0 Å². The van der Waals surface area contributed by atoms with E-state index in [9.17, 15) is 4.79 Å². The van der Waals surface area contributed by atoms with Crippen LogP contribution in [0.2, 0.25) is 0 Å². The fourth-order valence-corrected chi connectivity index (χ4v) is 1.10. The summed E-state index contributed by atoms with van der Waals surface area (Å²) in [6, 6.07) is 0. The van der Waals surface area contributed by atoms with Crippen LogP contribution in [0.1, 0.15) is 0 Å². The molecular weight excluding hydrogens is 140 g/mol. The Morgan fingerprint density at radius 3 is 3.09 bits per heavy atom. The van der Waals surface area contributed by atoms with E-state index < -0.39 is 0 Å². The van der Waals surface area contributed by atoms with Gasteiger partial charge in [0.1, 0.15) is 0 Å². The maximum Gasteiger partial charge on any atom is 0.188 e. The Kier molecular flexibility index (Phi) is 1.28. The second kappa shape index (κ2) is 2.27. The number of hydrogen-bond donors (Lipinski definition) is 0. The fourth-order valence-electron chi connectivity index (χ4n) is 1.10. The molecular formula is C8H6N2O. The molecule has 0 aromatic rings. The van der Waals surface area contributed by atoms with Crippen LogP contribution in [-0.4, -0.2) is 17.7 Å². The van der Waals surface area contributed by atoms with Crippen molar-refractivity contribution in [3.05, 3.63) is 24.3 Å². The topological polar surface area (TPSA) is 41.8 Å². The lowest BCUT2D eigenvalue weighted by molar-refractivity contribution is -0.113. The summed E-state index contributed by atoms with van der Waals surface area (Å²) in [5.41, 5.74) is 0.736. The Labute approximate surface area is 63.8 Å². The first-order valence-corrected chi connectivity index (χ1v) is 3.37. The van der Waals surface area contributed by atoms with Gasteiger partial charge in [0.05, 0.1) is 17.8 Å². The Balaban J connectivity index is 2.43. The van der Waals surface area contributed by atoms with Crippen LogP contribution in [0.15, 0.2) is 34.5 Å². The quantitative estimate of drug-likeness (QED) is 0.497. The number of Topliss-reactive ketones (excluding diaryl/α,β-unsaturated/α-hetero) is 1. The van der Waals surface area contributed by atoms with Gasteiger partial charge in [-0.3, -0.25) is 4.79 Å². The maximum atomic E-state index is 11.1. The van der Waals surface area contributed by atoms with E-state index in [1.165, 1.54) is 6.21 Å². The predicted molar refractivity (Wildman–Crippen MR) is 42.7 cm³/mol. The lowest BCUT2D eigenvalue weighted by atomic mass is 9.94. The van der Waals surface area contributed by atoms with Gasteiger partial charge in [-0.15, -0.1) is 0 Å². The Hall–Kier alpha value is -1.51. The van der Waals surface area contributed by atoms with Gasteiger partial charge in [-0.1, -0.05) is 18.2 Å². The molecule has 3 heteroatoms. The van der Waals surface area contributed by atoms with Gasteiger partial charge in [-0.25, -0.2) is 0 Å². The van der Waals surface area contributed by atoms with E-state index in [4.69, 9.17) is 0 Å². The van der Waals surface area contributed by atoms with Crippen LogP contribution in [-0.2, 0) is 4.79 Å². The van der Waals surface area contributed by atoms with Crippen LogP contribution in [0, 0.1) is 5.92 Å². The van der Waals surface area contributed by atoms with Crippen molar-refractivity contribution >= 4 is 17.7 Å². The van der Waals surface area contributed by atoms with E-state index in [1.807, 2.05) is 18.2 Å². The molecule has 2 rings (SSSR count). The zero-order valence-corrected chi connectivity index (χ0v) is 5.77. The third-order valence-electron chi connectivity index (χ3n) is 1.67. The number of carbonyl (C=O) groups is 1. The number of carbonyl (C=O) groups excluding carboxylic acids is 1. The summed E-state index contributed by atoms with van der Waals surface area (Å²) in [6.45, 7) is 0. The molecule has 1 unspecified atom stereocenters. The smallest absolute Gasteiger partial charge is 0.188 e. The lowest BCUT2D eigenvalue weighted by Crippen LogP contribution is -2.25. The summed E-state index contributed by atoms with van der Waals surface area (Å²) in [7, 11) is 0. The van der Waals surface area contributed by atoms with Crippen molar-refractivity contribution in [2.75, 3.05) is 0 Å². The molecule has 0 amide bonds. The lowest BCUT2D eigenvalue weighted by Gasteiger charge is -2.12. The molecule has 0 aromatic heterocycles. The number of fused-ring (bicyclic) bond motifs is 1. The molecule has 0 radical (unpaired) electrons. The van der Waals surface area contributed by atoms with E-state index in [-0.39, 0.29) is 11.7 Å². The molecule has 1 aliphatic heterocycles. The molecule has 0 N–H and O–H groups in total. The molecule has 11 heavy (non-hydrogen) atoms. The molecule has 2 aliphatic rings. The monoisotopic (exact) mass is 146 g/mol. The first-order valence-electron chi connectivity index (χ1n) is 3.37. The summed E-state index contributed by atoms with van der Waals surface area (Å²) < 4.78 is 0. The van der Waals surface area contributed by atoms with Gasteiger partial charge < -0.3 is 0 Å². The average Bonchev–Trinajstić information content (AvgIpc) is 2.06. The summed E-state index contributed by atoms with van der Waals surface area (Å²) in [5.74, 6) is -0.173. The van der Waals surface area contributed by atoms with Gasteiger partial charge in [-0.2, -0.15) is 10.2 Å². The minimum atomic E-state index is -0.183. The molecule has 1 atom stereocenters. The molecule has 1 heterocycles. The number of rotatable bonds is 0. The third-order valence-corrected chi connectivity index (χ3v) is 1.67. The molecule has 0 spiro atoms. The number of nitrogens with zero attached hydrogens (tertiary/aromatic N) is 2. The highest BCUT2D eigenvalue weighted by Gasteiger charge is 2.22. The molecule has 0 fully saturated rings. The van der Waals surface area contributed by atoms with E-state index in [1.54, 1.807) is 6.08 Å². The van der Waals surface area contributed by atoms with Gasteiger partial charge in [-0.05, 0) is 6.08 Å². The van der Waals surface area contributed by atoms with Crippen molar-refractivity contribution in [2.24, 2.45) is 16.1 Å². The second-order valence-electron chi connectivity index (χ2n) is 2.39. The van der Waals surface area contributed by atoms with Crippen molar-refractivity contribution < 1.29 is 4.79 Å².